The van der Waals surface area contributed by atoms with Gasteiger partial charge in [-0.15, -0.1) is 13.2 Å². The van der Waals surface area contributed by atoms with Crippen LogP contribution in [-0.2, 0) is 30.8 Å². The molecule has 1 aliphatic heterocycles. The van der Waals surface area contributed by atoms with Crippen molar-refractivity contribution in [3.05, 3.63) is 46.1 Å². The molecule has 2 aromatic rings. The molecule has 0 radical (unpaired) electrons. The van der Waals surface area contributed by atoms with Gasteiger partial charge in [0.2, 0.25) is 5.91 Å². The highest BCUT2D eigenvalue weighted by atomic mass is 19.4. The average Bonchev–Trinajstić information content (AvgIpc) is 2.79. The fourth-order valence-corrected chi connectivity index (χ4v) is 3.18. The van der Waals surface area contributed by atoms with Gasteiger partial charge < -0.3 is 9.64 Å². The van der Waals surface area contributed by atoms with Gasteiger partial charge in [-0.05, 0) is 18.9 Å². The van der Waals surface area contributed by atoms with Crippen molar-refractivity contribution in [2.75, 3.05) is 7.05 Å². The van der Waals surface area contributed by atoms with E-state index in [4.69, 9.17) is 0 Å². The lowest BCUT2D eigenvalue weighted by atomic mass is 10.2. The number of aryl methyl sites for hydroxylation is 1. The van der Waals surface area contributed by atoms with Crippen molar-refractivity contribution in [3.8, 4) is 5.75 Å². The third kappa shape index (κ3) is 4.73. The van der Waals surface area contributed by atoms with Gasteiger partial charge in [0.25, 0.3) is 0 Å². The molecule has 3 rings (SSSR count). The largest absolute Gasteiger partial charge is 0.573 e. The van der Waals surface area contributed by atoms with Crippen LogP contribution in [0.5, 0.6) is 5.75 Å². The second-order valence-electron chi connectivity index (χ2n) is 6.72. The topological polar surface area (TPSA) is 69.4 Å². The van der Waals surface area contributed by atoms with Crippen LogP contribution in [-0.4, -0.2) is 38.6 Å². The number of nitrogens with zero attached hydrogens (tertiary/aromatic N) is 4. The van der Waals surface area contributed by atoms with E-state index in [9.17, 15) is 22.8 Å². The molecule has 1 aliphatic rings. The summed E-state index contributed by atoms with van der Waals surface area (Å²) in [5, 5.41) is 4.25. The highest BCUT2D eigenvalue weighted by molar-refractivity contribution is 5.75. The Morgan fingerprint density at radius 2 is 2.00 bits per heavy atom. The fourth-order valence-electron chi connectivity index (χ4n) is 3.18. The normalized spacial score (nSPS) is 14.3. The van der Waals surface area contributed by atoms with Crippen LogP contribution in [0.2, 0.25) is 0 Å². The highest BCUT2D eigenvalue weighted by Crippen LogP contribution is 2.27. The molecule has 0 fully saturated rings. The lowest BCUT2D eigenvalue weighted by molar-refractivity contribution is -0.275. The van der Waals surface area contributed by atoms with Gasteiger partial charge in [-0.25, -0.2) is 9.48 Å². The first-order valence-electron chi connectivity index (χ1n) is 8.99. The molecule has 1 aromatic heterocycles. The predicted octanol–water partition coefficient (Wildman–Crippen LogP) is 2.33. The van der Waals surface area contributed by atoms with Crippen LogP contribution in [0.1, 0.15) is 30.7 Å². The Morgan fingerprint density at radius 3 is 2.75 bits per heavy atom. The Labute approximate surface area is 159 Å². The molecule has 7 nitrogen and oxygen atoms in total. The summed E-state index contributed by atoms with van der Waals surface area (Å²) in [7, 11) is 1.46. The van der Waals surface area contributed by atoms with Crippen LogP contribution < -0.4 is 10.4 Å². The van der Waals surface area contributed by atoms with Gasteiger partial charge in [0.15, 0.2) is 0 Å². The lowest BCUT2D eigenvalue weighted by Gasteiger charge is -2.19. The minimum atomic E-state index is -4.82. The quantitative estimate of drug-likeness (QED) is 0.775. The highest BCUT2D eigenvalue weighted by Gasteiger charge is 2.32. The maximum absolute atomic E-state index is 12.5. The van der Waals surface area contributed by atoms with Crippen LogP contribution in [0, 0.1) is 0 Å². The maximum Gasteiger partial charge on any atom is 0.573 e. The Hall–Kier alpha value is -2.78. The number of rotatable bonds is 5. The molecule has 1 amide bonds. The molecule has 28 heavy (non-hydrogen) atoms. The molecule has 2 heterocycles. The maximum atomic E-state index is 12.5. The van der Waals surface area contributed by atoms with E-state index < -0.39 is 12.3 Å². The van der Waals surface area contributed by atoms with E-state index in [-0.39, 0.29) is 30.1 Å². The number of fused-ring (bicyclic) bond motifs is 1. The van der Waals surface area contributed by atoms with Crippen molar-refractivity contribution in [1.29, 1.82) is 0 Å². The molecule has 0 N–H and O–H groups in total. The molecular formula is C18H21F3N4O3. The van der Waals surface area contributed by atoms with Gasteiger partial charge in [0.05, 0.1) is 0 Å². The van der Waals surface area contributed by atoms with Gasteiger partial charge >= 0.3 is 12.1 Å². The van der Waals surface area contributed by atoms with Crippen LogP contribution >= 0.6 is 0 Å². The second kappa shape index (κ2) is 8.07. The molecule has 0 bridgehead atoms. The average molecular weight is 398 g/mol. The molecule has 0 saturated heterocycles. The fraction of sp³-hybridized carbons (Fsp3) is 0.500. The monoisotopic (exact) mass is 398 g/mol. The number of carbonyl (C=O) groups is 1. The number of carbonyl (C=O) groups excluding carboxylic acids is 1. The van der Waals surface area contributed by atoms with Gasteiger partial charge in [0, 0.05) is 32.1 Å². The molecule has 0 unspecified atom stereocenters. The zero-order valence-electron chi connectivity index (χ0n) is 15.4. The van der Waals surface area contributed by atoms with Crippen LogP contribution in [0.3, 0.4) is 0 Å². The van der Waals surface area contributed by atoms with E-state index >= 15 is 0 Å². The third-order valence-electron chi connectivity index (χ3n) is 4.60. The summed E-state index contributed by atoms with van der Waals surface area (Å²) in [5.41, 5.74) is -0.122. The molecule has 1 aromatic carbocycles. The third-order valence-corrected chi connectivity index (χ3v) is 4.60. The first-order chi connectivity index (χ1) is 13.2. The number of ether oxygens (including phenoxy) is 1. The number of hydrogen-bond acceptors (Lipinski definition) is 4. The number of halogens is 3. The van der Waals surface area contributed by atoms with E-state index in [1.165, 1.54) is 30.1 Å². The number of alkyl halides is 3. The molecule has 152 valence electrons. The van der Waals surface area contributed by atoms with E-state index in [1.807, 2.05) is 0 Å². The first kappa shape index (κ1) is 20.0. The smallest absolute Gasteiger partial charge is 0.405 e. The summed E-state index contributed by atoms with van der Waals surface area (Å²) in [6.07, 6.45) is -1.26. The van der Waals surface area contributed by atoms with Crippen molar-refractivity contribution >= 4 is 5.91 Å². The minimum absolute atomic E-state index is 0.0899. The molecule has 0 aliphatic carbocycles. The van der Waals surface area contributed by atoms with Crippen LogP contribution in [0.15, 0.2) is 29.1 Å². The van der Waals surface area contributed by atoms with Crippen molar-refractivity contribution in [2.45, 2.75) is 51.7 Å². The molecule has 0 spiro atoms. The molecule has 10 heteroatoms. The van der Waals surface area contributed by atoms with E-state index in [0.717, 1.165) is 23.9 Å². The van der Waals surface area contributed by atoms with Crippen molar-refractivity contribution in [2.24, 2.45) is 0 Å². The molecule has 0 atom stereocenters. The Morgan fingerprint density at radius 1 is 1.25 bits per heavy atom. The van der Waals surface area contributed by atoms with Crippen molar-refractivity contribution in [3.63, 3.8) is 0 Å². The van der Waals surface area contributed by atoms with Crippen molar-refractivity contribution < 1.29 is 22.7 Å². The van der Waals surface area contributed by atoms with Gasteiger partial charge in [0.1, 0.15) is 18.1 Å². The van der Waals surface area contributed by atoms with Crippen molar-refractivity contribution in [1.82, 2.24) is 19.2 Å². The van der Waals surface area contributed by atoms with E-state index in [0.29, 0.717) is 18.8 Å². The number of para-hydroxylation sites is 1. The SMILES string of the molecule is CN(Cc1ccccc1OC(F)(F)F)C(=O)Cn1nc2n(c1=O)CCCCC2. The summed E-state index contributed by atoms with van der Waals surface area (Å²) in [5.74, 6) is -0.125. The van der Waals surface area contributed by atoms with Gasteiger partial charge in [-0.3, -0.25) is 9.36 Å². The molecular weight excluding hydrogens is 377 g/mol. The Bertz CT molecular complexity index is 904. The standard InChI is InChI=1S/C18H21F3N4O3/c1-23(11-13-7-4-5-8-14(13)28-18(19,20)21)16(26)12-25-17(27)24-10-6-2-3-9-15(24)22-25/h4-5,7-8H,2-3,6,9-12H2,1H3. The van der Waals surface area contributed by atoms with Crippen LogP contribution in [0.25, 0.3) is 0 Å². The summed E-state index contributed by atoms with van der Waals surface area (Å²) in [6.45, 7) is 0.228. The zero-order chi connectivity index (χ0) is 20.3. The van der Waals surface area contributed by atoms with Gasteiger partial charge in [-0.2, -0.15) is 5.10 Å². The summed E-state index contributed by atoms with van der Waals surface area (Å²) in [4.78, 5) is 26.2. The Balaban J connectivity index is 1.70. The number of benzene rings is 1. The van der Waals surface area contributed by atoms with E-state index in [1.54, 1.807) is 10.6 Å². The summed E-state index contributed by atoms with van der Waals surface area (Å²) in [6, 6.07) is 5.63. The number of likely N-dealkylation sites (N-methyl/N-ethyl adjacent to an activating group) is 1. The number of hydrogen-bond donors (Lipinski definition) is 0. The van der Waals surface area contributed by atoms with Crippen LogP contribution in [0.4, 0.5) is 13.2 Å². The lowest BCUT2D eigenvalue weighted by Crippen LogP contribution is -2.35. The second-order valence-corrected chi connectivity index (χ2v) is 6.72. The van der Waals surface area contributed by atoms with Gasteiger partial charge in [-0.1, -0.05) is 24.6 Å². The zero-order valence-corrected chi connectivity index (χ0v) is 15.4. The first-order valence-corrected chi connectivity index (χ1v) is 8.99. The minimum Gasteiger partial charge on any atom is -0.405 e. The number of amides is 1. The number of aromatic nitrogens is 3. The summed E-state index contributed by atoms with van der Waals surface area (Å²) < 4.78 is 44.3. The van der Waals surface area contributed by atoms with E-state index in [2.05, 4.69) is 9.84 Å². The predicted molar refractivity (Wildman–Crippen MR) is 93.6 cm³/mol. The Kier molecular flexibility index (Phi) is 5.76. The summed E-state index contributed by atoms with van der Waals surface area (Å²) >= 11 is 0. The molecule has 0 saturated carbocycles.